The van der Waals surface area contributed by atoms with Gasteiger partial charge in [-0.15, -0.1) is 0 Å². The van der Waals surface area contributed by atoms with Gasteiger partial charge in [0.2, 0.25) is 0 Å². The monoisotopic (exact) mass is 378 g/mol. The third-order valence-electron chi connectivity index (χ3n) is 4.82. The van der Waals surface area contributed by atoms with E-state index < -0.39 is 11.6 Å². The number of alkyl halides is 1. The molecule has 0 nitrogen and oxygen atoms in total. The molecule has 0 amide bonds. The highest BCUT2D eigenvalue weighted by atomic mass is 79.9. The standard InChI is InChI=1S/C20H21BrF2/c21-18-10-5-15(6-11-18)2-1-14-3-7-16(8-4-14)17-9-12-19(22)20(23)13-17/h3-4,7-9,12-13,15,18H,1-2,5-6,10-11H2. The van der Waals surface area contributed by atoms with E-state index in [-0.39, 0.29) is 0 Å². The molecule has 3 heteroatoms. The fourth-order valence-corrected chi connectivity index (χ4v) is 3.85. The molecule has 0 radical (unpaired) electrons. The Bertz CT molecular complexity index is 643. The van der Waals surface area contributed by atoms with Crippen LogP contribution in [0.5, 0.6) is 0 Å². The van der Waals surface area contributed by atoms with E-state index in [0.717, 1.165) is 17.9 Å². The van der Waals surface area contributed by atoms with Crippen molar-refractivity contribution < 1.29 is 8.78 Å². The quantitative estimate of drug-likeness (QED) is 0.531. The minimum atomic E-state index is -0.802. The molecule has 0 bridgehead atoms. The van der Waals surface area contributed by atoms with Crippen LogP contribution in [0.3, 0.4) is 0 Å². The number of rotatable bonds is 4. The number of halogens is 3. The summed E-state index contributed by atoms with van der Waals surface area (Å²) in [4.78, 5) is 0.717. The minimum absolute atomic E-state index is 0.714. The molecule has 2 aromatic rings. The molecule has 0 saturated heterocycles. The fraction of sp³-hybridized carbons (Fsp3) is 0.400. The Morgan fingerprint density at radius 3 is 2.13 bits per heavy atom. The molecule has 0 heterocycles. The van der Waals surface area contributed by atoms with Crippen molar-refractivity contribution >= 4 is 15.9 Å². The summed E-state index contributed by atoms with van der Waals surface area (Å²) in [5.74, 6) is -0.757. The van der Waals surface area contributed by atoms with Crippen molar-refractivity contribution in [3.8, 4) is 11.1 Å². The van der Waals surface area contributed by atoms with Crippen LogP contribution in [0.1, 0.15) is 37.7 Å². The van der Waals surface area contributed by atoms with Crippen LogP contribution < -0.4 is 0 Å². The summed E-state index contributed by atoms with van der Waals surface area (Å²) < 4.78 is 26.3. The summed E-state index contributed by atoms with van der Waals surface area (Å²) in [5.41, 5.74) is 2.95. The summed E-state index contributed by atoms with van der Waals surface area (Å²) in [6.07, 6.45) is 7.56. The van der Waals surface area contributed by atoms with Crippen molar-refractivity contribution in [2.45, 2.75) is 43.4 Å². The maximum Gasteiger partial charge on any atom is 0.159 e. The summed E-state index contributed by atoms with van der Waals surface area (Å²) in [6.45, 7) is 0. The van der Waals surface area contributed by atoms with Crippen LogP contribution in [0.25, 0.3) is 11.1 Å². The maximum atomic E-state index is 13.3. The zero-order valence-electron chi connectivity index (χ0n) is 13.1. The van der Waals surface area contributed by atoms with Gasteiger partial charge in [-0.3, -0.25) is 0 Å². The molecule has 1 fully saturated rings. The van der Waals surface area contributed by atoms with E-state index in [1.807, 2.05) is 12.1 Å². The Morgan fingerprint density at radius 2 is 1.48 bits per heavy atom. The average Bonchev–Trinajstić information content (AvgIpc) is 2.57. The van der Waals surface area contributed by atoms with Gasteiger partial charge in [-0.25, -0.2) is 8.78 Å². The maximum absolute atomic E-state index is 13.3. The molecule has 0 atom stereocenters. The molecule has 0 N–H and O–H groups in total. The molecule has 1 aliphatic rings. The number of benzene rings is 2. The summed E-state index contributed by atoms with van der Waals surface area (Å²) in [6, 6.07) is 12.3. The molecule has 0 aromatic heterocycles. The summed E-state index contributed by atoms with van der Waals surface area (Å²) in [5, 5.41) is 0. The van der Waals surface area contributed by atoms with Gasteiger partial charge in [0.25, 0.3) is 0 Å². The van der Waals surface area contributed by atoms with E-state index in [2.05, 4.69) is 28.1 Å². The molecular formula is C20H21BrF2. The van der Waals surface area contributed by atoms with Crippen LogP contribution in [-0.2, 0) is 6.42 Å². The van der Waals surface area contributed by atoms with Crippen LogP contribution in [-0.4, -0.2) is 4.83 Å². The van der Waals surface area contributed by atoms with E-state index in [1.165, 1.54) is 49.8 Å². The van der Waals surface area contributed by atoms with Crippen LogP contribution in [0, 0.1) is 17.6 Å². The fourth-order valence-electron chi connectivity index (χ4n) is 3.32. The van der Waals surface area contributed by atoms with Crippen LogP contribution >= 0.6 is 15.9 Å². The molecule has 0 aliphatic heterocycles. The highest BCUT2D eigenvalue weighted by Gasteiger charge is 2.18. The van der Waals surface area contributed by atoms with Crippen molar-refractivity contribution in [2.75, 3.05) is 0 Å². The van der Waals surface area contributed by atoms with E-state index in [1.54, 1.807) is 6.07 Å². The van der Waals surface area contributed by atoms with E-state index in [4.69, 9.17) is 0 Å². The normalized spacial score (nSPS) is 21.3. The predicted molar refractivity (Wildman–Crippen MR) is 94.8 cm³/mol. The van der Waals surface area contributed by atoms with Crippen molar-refractivity contribution in [3.05, 3.63) is 59.7 Å². The molecule has 3 rings (SSSR count). The van der Waals surface area contributed by atoms with Gasteiger partial charge in [0.1, 0.15) is 0 Å². The lowest BCUT2D eigenvalue weighted by Crippen LogP contribution is -2.14. The molecule has 122 valence electrons. The van der Waals surface area contributed by atoms with E-state index >= 15 is 0 Å². The zero-order valence-corrected chi connectivity index (χ0v) is 14.7. The van der Waals surface area contributed by atoms with Gasteiger partial charge in [-0.2, -0.15) is 0 Å². The van der Waals surface area contributed by atoms with Gasteiger partial charge >= 0.3 is 0 Å². The van der Waals surface area contributed by atoms with Crippen LogP contribution in [0.2, 0.25) is 0 Å². The van der Waals surface area contributed by atoms with Crippen molar-refractivity contribution in [2.24, 2.45) is 5.92 Å². The molecule has 23 heavy (non-hydrogen) atoms. The van der Waals surface area contributed by atoms with Gasteiger partial charge < -0.3 is 0 Å². The third-order valence-corrected chi connectivity index (χ3v) is 5.74. The van der Waals surface area contributed by atoms with Crippen LogP contribution in [0.15, 0.2) is 42.5 Å². The van der Waals surface area contributed by atoms with Crippen molar-refractivity contribution in [1.82, 2.24) is 0 Å². The summed E-state index contributed by atoms with van der Waals surface area (Å²) >= 11 is 3.70. The number of hydrogen-bond acceptors (Lipinski definition) is 0. The van der Waals surface area contributed by atoms with Crippen molar-refractivity contribution in [1.29, 1.82) is 0 Å². The SMILES string of the molecule is Fc1ccc(-c2ccc(CCC3CCC(Br)CC3)cc2)cc1F. The average molecular weight is 379 g/mol. The Kier molecular flexibility index (Phi) is 5.47. The largest absolute Gasteiger partial charge is 0.204 e. The van der Waals surface area contributed by atoms with E-state index in [0.29, 0.717) is 10.4 Å². The van der Waals surface area contributed by atoms with Gasteiger partial charge in [-0.1, -0.05) is 46.3 Å². The summed E-state index contributed by atoms with van der Waals surface area (Å²) in [7, 11) is 0. The highest BCUT2D eigenvalue weighted by Crippen LogP contribution is 2.31. The lowest BCUT2D eigenvalue weighted by atomic mass is 9.85. The third kappa shape index (κ3) is 4.41. The topological polar surface area (TPSA) is 0 Å². The number of aryl methyl sites for hydroxylation is 1. The lowest BCUT2D eigenvalue weighted by Gasteiger charge is -2.25. The second-order valence-corrected chi connectivity index (χ2v) is 7.78. The number of hydrogen-bond donors (Lipinski definition) is 0. The van der Waals surface area contributed by atoms with Gasteiger partial charge in [0, 0.05) is 4.83 Å². The molecular weight excluding hydrogens is 358 g/mol. The molecule has 2 aromatic carbocycles. The van der Waals surface area contributed by atoms with Crippen molar-refractivity contribution in [3.63, 3.8) is 0 Å². The minimum Gasteiger partial charge on any atom is -0.204 e. The second kappa shape index (κ2) is 7.57. The predicted octanol–water partition coefficient (Wildman–Crippen LogP) is 6.52. The van der Waals surface area contributed by atoms with Gasteiger partial charge in [0.15, 0.2) is 11.6 Å². The Hall–Kier alpha value is -1.22. The Labute approximate surface area is 145 Å². The van der Waals surface area contributed by atoms with Gasteiger partial charge in [-0.05, 0) is 73.3 Å². The highest BCUT2D eigenvalue weighted by molar-refractivity contribution is 9.09. The molecule has 0 spiro atoms. The molecule has 0 unspecified atom stereocenters. The first-order valence-electron chi connectivity index (χ1n) is 8.30. The first-order chi connectivity index (χ1) is 11.1. The molecule has 1 aliphatic carbocycles. The Morgan fingerprint density at radius 1 is 0.826 bits per heavy atom. The molecule has 1 saturated carbocycles. The first-order valence-corrected chi connectivity index (χ1v) is 9.22. The van der Waals surface area contributed by atoms with E-state index in [9.17, 15) is 8.78 Å². The first kappa shape index (κ1) is 16.6. The second-order valence-electron chi connectivity index (χ2n) is 6.48. The lowest BCUT2D eigenvalue weighted by molar-refractivity contribution is 0.348. The van der Waals surface area contributed by atoms with Gasteiger partial charge in [0.05, 0.1) is 0 Å². The smallest absolute Gasteiger partial charge is 0.159 e. The Balaban J connectivity index is 1.59. The zero-order chi connectivity index (χ0) is 16.2. The van der Waals surface area contributed by atoms with Crippen LogP contribution in [0.4, 0.5) is 8.78 Å².